The maximum Gasteiger partial charge on any atom is 0.125 e. The first kappa shape index (κ1) is 14.9. The zero-order chi connectivity index (χ0) is 14.5. The number of nitrogens with one attached hydrogen (secondary N) is 1. The molecule has 1 saturated carbocycles. The van der Waals surface area contributed by atoms with Crippen LogP contribution in [0.2, 0.25) is 0 Å². The van der Waals surface area contributed by atoms with Gasteiger partial charge in [-0.25, -0.2) is 0 Å². The highest BCUT2D eigenvalue weighted by atomic mass is 16.5. The van der Waals surface area contributed by atoms with Crippen LogP contribution in [-0.4, -0.2) is 26.3 Å². The van der Waals surface area contributed by atoms with Crippen molar-refractivity contribution in [3.8, 4) is 5.75 Å². The van der Waals surface area contributed by atoms with E-state index in [-0.39, 0.29) is 6.10 Å². The second-order valence-corrected chi connectivity index (χ2v) is 6.46. The average molecular weight is 289 g/mol. The molecule has 0 radical (unpaired) electrons. The first-order chi connectivity index (χ1) is 10.3. The molecule has 3 nitrogen and oxygen atoms in total. The summed E-state index contributed by atoms with van der Waals surface area (Å²) in [4.78, 5) is 0. The Balaban J connectivity index is 1.72. The molecule has 1 atom stereocenters. The smallest absolute Gasteiger partial charge is 0.125 e. The van der Waals surface area contributed by atoms with Gasteiger partial charge in [-0.05, 0) is 25.8 Å². The van der Waals surface area contributed by atoms with Crippen LogP contribution in [0.15, 0.2) is 24.3 Å². The summed E-state index contributed by atoms with van der Waals surface area (Å²) in [6.45, 7) is 5.58. The predicted molar refractivity (Wildman–Crippen MR) is 84.7 cm³/mol. The van der Waals surface area contributed by atoms with E-state index in [0.29, 0.717) is 12.0 Å². The molecule has 0 bridgehead atoms. The van der Waals surface area contributed by atoms with Crippen molar-refractivity contribution in [2.24, 2.45) is 5.41 Å². The van der Waals surface area contributed by atoms with Crippen molar-refractivity contribution in [3.05, 3.63) is 29.8 Å². The van der Waals surface area contributed by atoms with E-state index in [1.54, 1.807) is 0 Å². The lowest BCUT2D eigenvalue weighted by Crippen LogP contribution is -2.37. The van der Waals surface area contributed by atoms with E-state index in [4.69, 9.17) is 9.47 Å². The summed E-state index contributed by atoms with van der Waals surface area (Å²) in [6.07, 6.45) is 6.81. The van der Waals surface area contributed by atoms with Gasteiger partial charge < -0.3 is 14.8 Å². The monoisotopic (exact) mass is 289 g/mol. The first-order valence-electron chi connectivity index (χ1n) is 8.37. The number of ether oxygens (including phenoxy) is 2. The minimum atomic E-state index is 0.106. The van der Waals surface area contributed by atoms with E-state index in [0.717, 1.165) is 25.4 Å². The quantitative estimate of drug-likeness (QED) is 0.920. The standard InChI is InChI=1S/C18H27NO2/c1-2-20-16-9-5-4-8-15(16)17-12-19-13-18(14-21-17)10-6-3-7-11-18/h4-5,8-9,17,19H,2-3,6-7,10-14H2,1H3. The van der Waals surface area contributed by atoms with Crippen molar-refractivity contribution in [1.29, 1.82) is 0 Å². The summed E-state index contributed by atoms with van der Waals surface area (Å²) in [5, 5.41) is 3.65. The number of hydrogen-bond acceptors (Lipinski definition) is 3. The van der Waals surface area contributed by atoms with Crippen LogP contribution in [0.4, 0.5) is 0 Å². The summed E-state index contributed by atoms with van der Waals surface area (Å²) < 4.78 is 12.1. The number of para-hydroxylation sites is 1. The maximum atomic E-state index is 6.33. The van der Waals surface area contributed by atoms with Crippen molar-refractivity contribution in [1.82, 2.24) is 5.32 Å². The van der Waals surface area contributed by atoms with E-state index < -0.39 is 0 Å². The minimum absolute atomic E-state index is 0.106. The van der Waals surface area contributed by atoms with Crippen LogP contribution in [0.25, 0.3) is 0 Å². The van der Waals surface area contributed by atoms with Crippen LogP contribution in [0, 0.1) is 5.41 Å². The lowest BCUT2D eigenvalue weighted by molar-refractivity contribution is -0.00239. The third-order valence-corrected chi connectivity index (χ3v) is 4.90. The lowest BCUT2D eigenvalue weighted by Gasteiger charge is -2.35. The molecule has 0 amide bonds. The first-order valence-corrected chi connectivity index (χ1v) is 8.37. The van der Waals surface area contributed by atoms with Gasteiger partial charge in [0.1, 0.15) is 5.75 Å². The van der Waals surface area contributed by atoms with Gasteiger partial charge in [-0.3, -0.25) is 0 Å². The van der Waals surface area contributed by atoms with Gasteiger partial charge in [0, 0.05) is 24.1 Å². The molecule has 3 heteroatoms. The Hall–Kier alpha value is -1.06. The van der Waals surface area contributed by atoms with Gasteiger partial charge in [0.25, 0.3) is 0 Å². The molecule has 1 unspecified atom stereocenters. The molecular formula is C18H27NO2. The highest BCUT2D eigenvalue weighted by Crippen LogP contribution is 2.39. The number of benzene rings is 1. The van der Waals surface area contributed by atoms with Crippen molar-refractivity contribution < 1.29 is 9.47 Å². The fourth-order valence-electron chi connectivity index (χ4n) is 3.71. The van der Waals surface area contributed by atoms with Crippen LogP contribution < -0.4 is 10.1 Å². The topological polar surface area (TPSA) is 30.5 Å². The molecule has 21 heavy (non-hydrogen) atoms. The van der Waals surface area contributed by atoms with E-state index in [2.05, 4.69) is 17.4 Å². The summed E-state index contributed by atoms with van der Waals surface area (Å²) in [6, 6.07) is 8.28. The predicted octanol–water partition coefficient (Wildman–Crippen LogP) is 3.70. The van der Waals surface area contributed by atoms with Gasteiger partial charge in [-0.2, -0.15) is 0 Å². The van der Waals surface area contributed by atoms with Crippen LogP contribution in [0.3, 0.4) is 0 Å². The van der Waals surface area contributed by atoms with E-state index in [1.165, 1.54) is 37.7 Å². The van der Waals surface area contributed by atoms with Gasteiger partial charge in [0.15, 0.2) is 0 Å². The third kappa shape index (κ3) is 3.41. The molecular weight excluding hydrogens is 262 g/mol. The third-order valence-electron chi connectivity index (χ3n) is 4.90. The van der Waals surface area contributed by atoms with Gasteiger partial charge >= 0.3 is 0 Å². The molecule has 1 saturated heterocycles. The molecule has 1 aliphatic heterocycles. The van der Waals surface area contributed by atoms with E-state index in [1.807, 2.05) is 19.1 Å². The largest absolute Gasteiger partial charge is 0.493 e. The zero-order valence-electron chi connectivity index (χ0n) is 13.1. The molecule has 1 aliphatic carbocycles. The molecule has 1 aromatic carbocycles. The van der Waals surface area contributed by atoms with Crippen LogP contribution >= 0.6 is 0 Å². The van der Waals surface area contributed by atoms with E-state index in [9.17, 15) is 0 Å². The number of hydrogen-bond donors (Lipinski definition) is 1. The summed E-state index contributed by atoms with van der Waals surface area (Å²) in [7, 11) is 0. The Kier molecular flexibility index (Phi) is 4.81. The Morgan fingerprint density at radius 2 is 2.05 bits per heavy atom. The van der Waals surface area contributed by atoms with Crippen molar-refractivity contribution >= 4 is 0 Å². The van der Waals surface area contributed by atoms with Crippen LogP contribution in [0.5, 0.6) is 5.75 Å². The van der Waals surface area contributed by atoms with Crippen molar-refractivity contribution in [2.75, 3.05) is 26.3 Å². The van der Waals surface area contributed by atoms with Crippen LogP contribution in [0.1, 0.15) is 50.7 Å². The second-order valence-electron chi connectivity index (χ2n) is 6.46. The SMILES string of the molecule is CCOc1ccccc1C1CNCC2(CCCCC2)CO1. The normalized spacial score (nSPS) is 25.5. The Morgan fingerprint density at radius 3 is 2.86 bits per heavy atom. The van der Waals surface area contributed by atoms with Gasteiger partial charge in [-0.15, -0.1) is 0 Å². The van der Waals surface area contributed by atoms with Crippen molar-refractivity contribution in [2.45, 2.75) is 45.1 Å². The molecule has 1 heterocycles. The minimum Gasteiger partial charge on any atom is -0.493 e. The summed E-state index contributed by atoms with van der Waals surface area (Å²) >= 11 is 0. The van der Waals surface area contributed by atoms with E-state index >= 15 is 0 Å². The highest BCUT2D eigenvalue weighted by molar-refractivity contribution is 5.35. The molecule has 3 rings (SSSR count). The zero-order valence-corrected chi connectivity index (χ0v) is 13.1. The molecule has 2 fully saturated rings. The van der Waals surface area contributed by atoms with Gasteiger partial charge in [0.2, 0.25) is 0 Å². The number of rotatable bonds is 3. The van der Waals surface area contributed by atoms with Gasteiger partial charge in [0.05, 0.1) is 19.3 Å². The molecule has 0 aromatic heterocycles. The Labute approximate surface area is 128 Å². The summed E-state index contributed by atoms with van der Waals surface area (Å²) in [5.41, 5.74) is 1.55. The fraction of sp³-hybridized carbons (Fsp3) is 0.667. The van der Waals surface area contributed by atoms with Crippen LogP contribution in [-0.2, 0) is 4.74 Å². The molecule has 1 aromatic rings. The molecule has 1 spiro atoms. The lowest BCUT2D eigenvalue weighted by atomic mass is 9.74. The van der Waals surface area contributed by atoms with Gasteiger partial charge in [-0.1, -0.05) is 37.5 Å². The summed E-state index contributed by atoms with van der Waals surface area (Å²) in [5.74, 6) is 0.964. The van der Waals surface area contributed by atoms with Crippen molar-refractivity contribution in [3.63, 3.8) is 0 Å². The molecule has 116 valence electrons. The Morgan fingerprint density at radius 1 is 1.24 bits per heavy atom. The second kappa shape index (κ2) is 6.80. The molecule has 1 N–H and O–H groups in total. The average Bonchev–Trinajstić information content (AvgIpc) is 2.72. The molecule has 2 aliphatic rings. The Bertz CT molecular complexity index is 454. The maximum absolute atomic E-state index is 6.33. The fourth-order valence-corrected chi connectivity index (χ4v) is 3.71. The highest BCUT2D eigenvalue weighted by Gasteiger charge is 2.35.